The van der Waals surface area contributed by atoms with Crippen molar-refractivity contribution in [2.45, 2.75) is 26.3 Å². The molecule has 7 nitrogen and oxygen atoms in total. The van der Waals surface area contributed by atoms with Crippen molar-refractivity contribution in [1.82, 2.24) is 24.7 Å². The van der Waals surface area contributed by atoms with E-state index in [2.05, 4.69) is 27.0 Å². The minimum atomic E-state index is 0.320. The number of nitrogens with two attached hydrogens (primary N) is 1. The monoisotopic (exact) mass is 335 g/mol. The van der Waals surface area contributed by atoms with Gasteiger partial charge >= 0.3 is 0 Å². The normalized spacial score (nSPS) is 14.2. The maximum Gasteiger partial charge on any atom is 0.222 e. The molecule has 0 unspecified atom stereocenters. The van der Waals surface area contributed by atoms with Gasteiger partial charge in [0, 0.05) is 37.7 Å². The van der Waals surface area contributed by atoms with Crippen molar-refractivity contribution < 1.29 is 0 Å². The second-order valence-corrected chi connectivity index (χ2v) is 6.29. The third-order valence-corrected chi connectivity index (χ3v) is 4.37. The van der Waals surface area contributed by atoms with Crippen LogP contribution in [0.1, 0.15) is 22.9 Å². The smallest absolute Gasteiger partial charge is 0.222 e. The Kier molecular flexibility index (Phi) is 4.05. The molecular weight excluding hydrogens is 314 g/mol. The molecule has 0 saturated carbocycles. The van der Waals surface area contributed by atoms with Gasteiger partial charge < -0.3 is 10.6 Å². The Morgan fingerprint density at radius 2 is 1.88 bits per heavy atom. The molecule has 1 aromatic carbocycles. The van der Waals surface area contributed by atoms with Crippen LogP contribution in [0.15, 0.2) is 36.4 Å². The number of fused-ring (bicyclic) bond motifs is 1. The molecule has 0 spiro atoms. The lowest BCUT2D eigenvalue weighted by atomic mass is 10.1. The highest BCUT2D eigenvalue weighted by atomic mass is 15.4. The standard InChI is InChI=1S/C18H21N7/c1-13-11-17(22-18(19)20-13)24-8-7-16-21-15(23-25(16)10-9-24)12-14-5-3-2-4-6-14/h2-6,11H,7-10,12H2,1H3,(H2,19,20,22). The van der Waals surface area contributed by atoms with Crippen molar-refractivity contribution in [3.8, 4) is 0 Å². The van der Waals surface area contributed by atoms with E-state index in [1.165, 1.54) is 5.56 Å². The molecule has 1 aliphatic heterocycles. The summed E-state index contributed by atoms with van der Waals surface area (Å²) in [5, 5.41) is 4.69. The van der Waals surface area contributed by atoms with Crippen LogP contribution in [0.2, 0.25) is 0 Å². The van der Waals surface area contributed by atoms with E-state index in [9.17, 15) is 0 Å². The van der Waals surface area contributed by atoms with Gasteiger partial charge in [-0.05, 0) is 12.5 Å². The van der Waals surface area contributed by atoms with Crippen LogP contribution in [0, 0.1) is 6.92 Å². The van der Waals surface area contributed by atoms with E-state index in [4.69, 9.17) is 15.8 Å². The average molecular weight is 335 g/mol. The number of benzene rings is 1. The summed E-state index contributed by atoms with van der Waals surface area (Å²) in [6.07, 6.45) is 1.61. The zero-order valence-electron chi connectivity index (χ0n) is 14.3. The van der Waals surface area contributed by atoms with Gasteiger partial charge in [0.15, 0.2) is 5.82 Å². The largest absolute Gasteiger partial charge is 0.368 e. The van der Waals surface area contributed by atoms with Crippen molar-refractivity contribution in [3.05, 3.63) is 59.3 Å². The van der Waals surface area contributed by atoms with Gasteiger partial charge in [-0.15, -0.1) is 0 Å². The first-order chi connectivity index (χ1) is 12.2. The fraction of sp³-hybridized carbons (Fsp3) is 0.333. The molecule has 0 aliphatic carbocycles. The van der Waals surface area contributed by atoms with Gasteiger partial charge in [-0.2, -0.15) is 10.1 Å². The molecule has 0 radical (unpaired) electrons. The molecule has 2 N–H and O–H groups in total. The van der Waals surface area contributed by atoms with Crippen LogP contribution in [-0.2, 0) is 19.4 Å². The Morgan fingerprint density at radius 1 is 1.04 bits per heavy atom. The Morgan fingerprint density at radius 3 is 2.68 bits per heavy atom. The van der Waals surface area contributed by atoms with Gasteiger partial charge in [0.25, 0.3) is 0 Å². The van der Waals surface area contributed by atoms with E-state index in [-0.39, 0.29) is 0 Å². The molecule has 128 valence electrons. The third kappa shape index (κ3) is 3.45. The van der Waals surface area contributed by atoms with Crippen LogP contribution in [-0.4, -0.2) is 37.8 Å². The van der Waals surface area contributed by atoms with E-state index < -0.39 is 0 Å². The van der Waals surface area contributed by atoms with E-state index in [1.807, 2.05) is 35.9 Å². The first kappa shape index (κ1) is 15.6. The van der Waals surface area contributed by atoms with Gasteiger partial charge in [0.2, 0.25) is 5.95 Å². The lowest BCUT2D eigenvalue weighted by molar-refractivity contribution is 0.603. The topological polar surface area (TPSA) is 85.8 Å². The molecule has 2 aromatic heterocycles. The van der Waals surface area contributed by atoms with Gasteiger partial charge in [0.1, 0.15) is 11.6 Å². The number of anilines is 2. The van der Waals surface area contributed by atoms with Gasteiger partial charge in [-0.25, -0.2) is 14.6 Å². The molecule has 7 heteroatoms. The lowest BCUT2D eigenvalue weighted by Crippen LogP contribution is -2.28. The first-order valence-corrected chi connectivity index (χ1v) is 8.50. The fourth-order valence-electron chi connectivity index (χ4n) is 3.17. The number of hydrogen-bond acceptors (Lipinski definition) is 6. The molecule has 0 saturated heterocycles. The fourth-order valence-corrected chi connectivity index (χ4v) is 3.17. The molecule has 25 heavy (non-hydrogen) atoms. The van der Waals surface area contributed by atoms with Crippen LogP contribution in [0.4, 0.5) is 11.8 Å². The van der Waals surface area contributed by atoms with E-state index >= 15 is 0 Å². The van der Waals surface area contributed by atoms with E-state index in [1.54, 1.807) is 0 Å². The molecule has 4 rings (SSSR count). The minimum Gasteiger partial charge on any atom is -0.368 e. The summed E-state index contributed by atoms with van der Waals surface area (Å²) in [5.41, 5.74) is 7.90. The average Bonchev–Trinajstić information content (AvgIpc) is 2.86. The highest BCUT2D eigenvalue weighted by Gasteiger charge is 2.19. The Bertz CT molecular complexity index is 827. The number of rotatable bonds is 3. The maximum absolute atomic E-state index is 5.78. The number of aromatic nitrogens is 5. The van der Waals surface area contributed by atoms with Crippen molar-refractivity contribution in [2.24, 2.45) is 0 Å². The Labute approximate surface area is 146 Å². The summed E-state index contributed by atoms with van der Waals surface area (Å²) in [4.78, 5) is 15.5. The minimum absolute atomic E-state index is 0.320. The van der Waals surface area contributed by atoms with Crippen LogP contribution in [0.25, 0.3) is 0 Å². The van der Waals surface area contributed by atoms with E-state index in [0.717, 1.165) is 55.6 Å². The second-order valence-electron chi connectivity index (χ2n) is 6.29. The SMILES string of the molecule is Cc1cc(N2CCc3nc(Cc4ccccc4)nn3CC2)nc(N)n1. The predicted octanol–water partition coefficient (Wildman–Crippen LogP) is 1.61. The molecule has 1 aliphatic rings. The lowest BCUT2D eigenvalue weighted by Gasteiger charge is -2.21. The van der Waals surface area contributed by atoms with Crippen LogP contribution < -0.4 is 10.6 Å². The van der Waals surface area contributed by atoms with Gasteiger partial charge in [0.05, 0.1) is 6.54 Å². The summed E-state index contributed by atoms with van der Waals surface area (Å²) in [5.74, 6) is 3.12. The highest BCUT2D eigenvalue weighted by Crippen LogP contribution is 2.17. The summed E-state index contributed by atoms with van der Waals surface area (Å²) in [6.45, 7) is 4.40. The predicted molar refractivity (Wildman–Crippen MR) is 96.4 cm³/mol. The quantitative estimate of drug-likeness (QED) is 0.783. The molecule has 0 bridgehead atoms. The Hall–Kier alpha value is -2.96. The van der Waals surface area contributed by atoms with Crippen LogP contribution in [0.3, 0.4) is 0 Å². The van der Waals surface area contributed by atoms with Crippen LogP contribution in [0.5, 0.6) is 0 Å². The number of hydrogen-bond donors (Lipinski definition) is 1. The van der Waals surface area contributed by atoms with E-state index in [0.29, 0.717) is 5.95 Å². The zero-order valence-corrected chi connectivity index (χ0v) is 14.3. The van der Waals surface area contributed by atoms with Gasteiger partial charge in [-0.1, -0.05) is 30.3 Å². The summed E-state index contributed by atoms with van der Waals surface area (Å²) in [7, 11) is 0. The third-order valence-electron chi connectivity index (χ3n) is 4.37. The van der Waals surface area contributed by atoms with Gasteiger partial charge in [-0.3, -0.25) is 0 Å². The van der Waals surface area contributed by atoms with Crippen molar-refractivity contribution in [1.29, 1.82) is 0 Å². The number of nitrogen functional groups attached to an aromatic ring is 1. The second kappa shape index (κ2) is 6.51. The molecule has 3 aromatic rings. The number of nitrogens with zero attached hydrogens (tertiary/aromatic N) is 6. The molecular formula is C18H21N7. The summed E-state index contributed by atoms with van der Waals surface area (Å²) in [6, 6.07) is 12.3. The highest BCUT2D eigenvalue weighted by molar-refractivity contribution is 5.43. The first-order valence-electron chi connectivity index (χ1n) is 8.50. The zero-order chi connectivity index (χ0) is 17.2. The number of aryl methyl sites for hydroxylation is 1. The van der Waals surface area contributed by atoms with Crippen molar-refractivity contribution in [2.75, 3.05) is 23.7 Å². The maximum atomic E-state index is 5.78. The summed E-state index contributed by atoms with van der Waals surface area (Å²) < 4.78 is 2.02. The summed E-state index contributed by atoms with van der Waals surface area (Å²) >= 11 is 0. The molecule has 0 amide bonds. The Balaban J connectivity index is 1.49. The molecule has 0 fully saturated rings. The molecule has 0 atom stereocenters. The van der Waals surface area contributed by atoms with Crippen molar-refractivity contribution in [3.63, 3.8) is 0 Å². The van der Waals surface area contributed by atoms with Crippen LogP contribution >= 0.6 is 0 Å². The molecule has 3 heterocycles. The van der Waals surface area contributed by atoms with Crippen molar-refractivity contribution >= 4 is 11.8 Å².